The number of esters is 1. The van der Waals surface area contributed by atoms with Crippen molar-refractivity contribution in [2.75, 3.05) is 5.73 Å². The molecule has 2 aromatic rings. The number of aryl methyl sites for hydroxylation is 2. The van der Waals surface area contributed by atoms with Crippen molar-refractivity contribution in [2.45, 2.75) is 20.0 Å². The molecule has 0 fully saturated rings. The van der Waals surface area contributed by atoms with E-state index in [-0.39, 0.29) is 23.6 Å². The summed E-state index contributed by atoms with van der Waals surface area (Å²) in [4.78, 5) is 12.0. The van der Waals surface area contributed by atoms with Crippen molar-refractivity contribution < 1.29 is 18.3 Å². The number of hydrogen-bond donors (Lipinski definition) is 1. The average molecular weight is 295 g/mol. The van der Waals surface area contributed by atoms with Crippen LogP contribution in [-0.4, -0.2) is 15.7 Å². The number of hydrogen-bond acceptors (Lipinski definition) is 4. The van der Waals surface area contributed by atoms with Gasteiger partial charge in [0, 0.05) is 12.6 Å². The highest BCUT2D eigenvalue weighted by atomic mass is 19.2. The quantitative estimate of drug-likeness (QED) is 0.878. The van der Waals surface area contributed by atoms with E-state index in [1.54, 1.807) is 7.05 Å². The molecule has 112 valence electrons. The minimum atomic E-state index is -1.03. The summed E-state index contributed by atoms with van der Waals surface area (Å²) in [5.41, 5.74) is 6.70. The van der Waals surface area contributed by atoms with Crippen LogP contribution in [0.2, 0.25) is 0 Å². The van der Waals surface area contributed by atoms with Crippen molar-refractivity contribution in [2.24, 2.45) is 7.05 Å². The van der Waals surface area contributed by atoms with E-state index in [0.29, 0.717) is 12.1 Å². The lowest BCUT2D eigenvalue weighted by molar-refractivity contribution is 0.0456. The number of halogens is 2. The van der Waals surface area contributed by atoms with Crippen LogP contribution in [-0.2, 0) is 24.8 Å². The highest BCUT2D eigenvalue weighted by Gasteiger charge is 2.21. The van der Waals surface area contributed by atoms with Gasteiger partial charge in [-0.2, -0.15) is 5.10 Å². The van der Waals surface area contributed by atoms with E-state index in [0.717, 1.165) is 6.07 Å². The molecule has 0 aliphatic carbocycles. The van der Waals surface area contributed by atoms with E-state index in [1.165, 1.54) is 16.8 Å². The number of aromatic nitrogens is 2. The van der Waals surface area contributed by atoms with Crippen LogP contribution < -0.4 is 5.73 Å². The molecule has 0 saturated carbocycles. The van der Waals surface area contributed by atoms with Crippen LogP contribution >= 0.6 is 0 Å². The molecule has 0 atom stereocenters. The second kappa shape index (κ2) is 5.90. The highest BCUT2D eigenvalue weighted by Crippen LogP contribution is 2.19. The van der Waals surface area contributed by atoms with Gasteiger partial charge >= 0.3 is 5.97 Å². The third-order valence-electron chi connectivity index (χ3n) is 3.08. The molecule has 2 N–H and O–H groups in total. The lowest BCUT2D eigenvalue weighted by Crippen LogP contribution is -2.13. The number of anilines is 1. The Morgan fingerprint density at radius 3 is 2.76 bits per heavy atom. The van der Waals surface area contributed by atoms with Crippen molar-refractivity contribution >= 4 is 11.7 Å². The Morgan fingerprint density at radius 1 is 1.43 bits per heavy atom. The summed E-state index contributed by atoms with van der Waals surface area (Å²) in [5, 5.41) is 4.09. The first kappa shape index (κ1) is 15.0. The van der Waals surface area contributed by atoms with Crippen LogP contribution in [0, 0.1) is 11.6 Å². The molecule has 0 unspecified atom stereocenters. The second-order valence-corrected chi connectivity index (χ2v) is 4.48. The van der Waals surface area contributed by atoms with E-state index in [4.69, 9.17) is 10.5 Å². The van der Waals surface area contributed by atoms with Gasteiger partial charge in [-0.05, 0) is 12.5 Å². The summed E-state index contributed by atoms with van der Waals surface area (Å²) in [6.45, 7) is 1.48. The Morgan fingerprint density at radius 2 is 2.14 bits per heavy atom. The standard InChI is InChI=1S/C14H15F2N3O2/c1-3-10-12(17)13(19(2)18-10)14(20)21-7-8-5-4-6-9(15)11(8)16/h4-6H,3,7,17H2,1-2H3. The summed E-state index contributed by atoms with van der Waals surface area (Å²) >= 11 is 0. The Hall–Kier alpha value is -2.44. The first-order chi connectivity index (χ1) is 9.95. The molecule has 0 aliphatic heterocycles. The first-order valence-electron chi connectivity index (χ1n) is 6.37. The van der Waals surface area contributed by atoms with E-state index in [2.05, 4.69) is 5.10 Å². The average Bonchev–Trinajstić information content (AvgIpc) is 2.74. The Bertz CT molecular complexity index is 683. The zero-order valence-corrected chi connectivity index (χ0v) is 11.7. The predicted molar refractivity (Wildman–Crippen MR) is 72.5 cm³/mol. The minimum Gasteiger partial charge on any atom is -0.456 e. The van der Waals surface area contributed by atoms with Crippen LogP contribution in [0.4, 0.5) is 14.5 Å². The van der Waals surface area contributed by atoms with Gasteiger partial charge in [-0.3, -0.25) is 4.68 Å². The molecule has 0 spiro atoms. The van der Waals surface area contributed by atoms with Crippen LogP contribution in [0.15, 0.2) is 18.2 Å². The molecule has 0 radical (unpaired) electrons. The Kier molecular flexibility index (Phi) is 4.21. The maximum absolute atomic E-state index is 13.5. The van der Waals surface area contributed by atoms with Crippen LogP contribution in [0.25, 0.3) is 0 Å². The molecule has 21 heavy (non-hydrogen) atoms. The highest BCUT2D eigenvalue weighted by molar-refractivity contribution is 5.93. The summed E-state index contributed by atoms with van der Waals surface area (Å²) in [6, 6.07) is 3.68. The molecular weight excluding hydrogens is 280 g/mol. The predicted octanol–water partition coefficient (Wildman–Crippen LogP) is 2.20. The van der Waals surface area contributed by atoms with Gasteiger partial charge in [0.2, 0.25) is 0 Å². The normalized spacial score (nSPS) is 10.7. The van der Waals surface area contributed by atoms with E-state index >= 15 is 0 Å². The zero-order chi connectivity index (χ0) is 15.6. The zero-order valence-electron chi connectivity index (χ0n) is 11.7. The number of nitrogen functional groups attached to an aromatic ring is 1. The fraction of sp³-hybridized carbons (Fsp3) is 0.286. The summed E-state index contributed by atoms with van der Waals surface area (Å²) in [6.07, 6.45) is 0.575. The molecule has 2 rings (SSSR count). The van der Waals surface area contributed by atoms with E-state index < -0.39 is 17.6 Å². The second-order valence-electron chi connectivity index (χ2n) is 4.48. The fourth-order valence-electron chi connectivity index (χ4n) is 1.97. The van der Waals surface area contributed by atoms with Gasteiger partial charge < -0.3 is 10.5 Å². The first-order valence-corrected chi connectivity index (χ1v) is 6.37. The molecule has 0 saturated heterocycles. The van der Waals surface area contributed by atoms with Gasteiger partial charge in [0.1, 0.15) is 6.61 Å². The van der Waals surface area contributed by atoms with E-state index in [1.807, 2.05) is 6.92 Å². The number of carbonyl (C=O) groups is 1. The Balaban J connectivity index is 2.16. The lowest BCUT2D eigenvalue weighted by atomic mass is 10.2. The topological polar surface area (TPSA) is 70.1 Å². The van der Waals surface area contributed by atoms with Crippen LogP contribution in [0.3, 0.4) is 0 Å². The summed E-state index contributed by atoms with van der Waals surface area (Å²) in [7, 11) is 1.56. The smallest absolute Gasteiger partial charge is 0.359 e. The van der Waals surface area contributed by atoms with Gasteiger partial charge in [0.15, 0.2) is 17.3 Å². The van der Waals surface area contributed by atoms with Gasteiger partial charge in [-0.1, -0.05) is 19.1 Å². The molecular formula is C14H15F2N3O2. The van der Waals surface area contributed by atoms with Crippen molar-refractivity contribution in [1.29, 1.82) is 0 Å². The van der Waals surface area contributed by atoms with Crippen LogP contribution in [0.1, 0.15) is 28.7 Å². The third-order valence-corrected chi connectivity index (χ3v) is 3.08. The number of ether oxygens (including phenoxy) is 1. The summed E-state index contributed by atoms with van der Waals surface area (Å²) < 4.78 is 32.8. The molecule has 0 aliphatic rings. The molecule has 5 nitrogen and oxygen atoms in total. The van der Waals surface area contributed by atoms with Gasteiger partial charge in [-0.25, -0.2) is 13.6 Å². The molecule has 0 bridgehead atoms. The number of nitrogens with zero attached hydrogens (tertiary/aromatic N) is 2. The van der Waals surface area contributed by atoms with Gasteiger partial charge in [0.05, 0.1) is 11.4 Å². The number of rotatable bonds is 4. The molecule has 1 aromatic heterocycles. The Labute approximate surface area is 120 Å². The summed E-state index contributed by atoms with van der Waals surface area (Å²) in [5.74, 6) is -2.75. The molecule has 1 aromatic carbocycles. The van der Waals surface area contributed by atoms with Crippen molar-refractivity contribution in [1.82, 2.24) is 9.78 Å². The third kappa shape index (κ3) is 2.86. The number of nitrogens with two attached hydrogens (primary N) is 1. The van der Waals surface area contributed by atoms with E-state index in [9.17, 15) is 13.6 Å². The molecule has 1 heterocycles. The monoisotopic (exact) mass is 295 g/mol. The molecule has 0 amide bonds. The number of carbonyl (C=O) groups excluding carboxylic acids is 1. The lowest BCUT2D eigenvalue weighted by Gasteiger charge is -2.07. The van der Waals surface area contributed by atoms with Gasteiger partial charge in [-0.15, -0.1) is 0 Å². The SMILES string of the molecule is CCc1nn(C)c(C(=O)OCc2cccc(F)c2F)c1N. The van der Waals surface area contributed by atoms with Crippen molar-refractivity contribution in [3.63, 3.8) is 0 Å². The van der Waals surface area contributed by atoms with Gasteiger partial charge in [0.25, 0.3) is 0 Å². The fourth-order valence-corrected chi connectivity index (χ4v) is 1.97. The maximum atomic E-state index is 13.5. The molecule has 7 heteroatoms. The number of benzene rings is 1. The van der Waals surface area contributed by atoms with Crippen molar-refractivity contribution in [3.8, 4) is 0 Å². The maximum Gasteiger partial charge on any atom is 0.359 e. The van der Waals surface area contributed by atoms with Crippen molar-refractivity contribution in [3.05, 3.63) is 46.8 Å². The largest absolute Gasteiger partial charge is 0.456 e. The van der Waals surface area contributed by atoms with Crippen LogP contribution in [0.5, 0.6) is 0 Å². The minimum absolute atomic E-state index is 0.0418.